The molecule has 0 spiro atoms. The van der Waals surface area contributed by atoms with Crippen molar-refractivity contribution in [2.75, 3.05) is 5.32 Å². The highest BCUT2D eigenvalue weighted by molar-refractivity contribution is 6.32. The predicted octanol–water partition coefficient (Wildman–Crippen LogP) is 4.98. The Balaban J connectivity index is 1.49. The van der Waals surface area contributed by atoms with E-state index in [0.29, 0.717) is 22.7 Å². The van der Waals surface area contributed by atoms with Crippen molar-refractivity contribution in [3.8, 4) is 5.82 Å². The van der Waals surface area contributed by atoms with Crippen LogP contribution in [0.25, 0.3) is 5.82 Å². The largest absolute Gasteiger partial charge is 0.436 e. The monoisotopic (exact) mass is 586 g/mol. The van der Waals surface area contributed by atoms with Crippen LogP contribution >= 0.6 is 11.6 Å². The molecule has 0 aliphatic heterocycles. The Morgan fingerprint density at radius 2 is 1.93 bits per heavy atom. The van der Waals surface area contributed by atoms with Crippen LogP contribution in [-0.2, 0) is 12.7 Å². The molecule has 41 heavy (non-hydrogen) atoms. The van der Waals surface area contributed by atoms with Gasteiger partial charge in [-0.15, -0.1) is 5.10 Å². The quantitative estimate of drug-likeness (QED) is 0.301. The third kappa shape index (κ3) is 6.24. The molecule has 214 valence electrons. The molecule has 5 rings (SSSR count). The third-order valence-electron chi connectivity index (χ3n) is 6.74. The number of aryl methyl sites for hydroxylation is 2. The van der Waals surface area contributed by atoms with Crippen LogP contribution in [0.2, 0.25) is 5.02 Å². The first-order valence-corrected chi connectivity index (χ1v) is 13.2. The average molecular weight is 587 g/mol. The fourth-order valence-corrected chi connectivity index (χ4v) is 4.73. The molecule has 0 radical (unpaired) electrons. The average Bonchev–Trinajstić information content (AvgIpc) is 3.51. The molecule has 4 aromatic rings. The van der Waals surface area contributed by atoms with E-state index in [9.17, 15) is 22.8 Å². The van der Waals surface area contributed by atoms with Gasteiger partial charge in [-0.2, -0.15) is 18.3 Å². The van der Waals surface area contributed by atoms with E-state index in [-0.39, 0.29) is 40.7 Å². The van der Waals surface area contributed by atoms with Gasteiger partial charge in [0, 0.05) is 12.2 Å². The number of nitrogens with zero attached hydrogens (tertiary/aromatic N) is 6. The highest BCUT2D eigenvalue weighted by Crippen LogP contribution is 2.33. The van der Waals surface area contributed by atoms with Gasteiger partial charge in [0.25, 0.3) is 11.8 Å². The molecule has 1 aromatic carbocycles. The summed E-state index contributed by atoms with van der Waals surface area (Å²) in [6.45, 7) is 5.39. The highest BCUT2D eigenvalue weighted by atomic mass is 35.5. The van der Waals surface area contributed by atoms with Gasteiger partial charge in [-0.3, -0.25) is 9.59 Å². The summed E-state index contributed by atoms with van der Waals surface area (Å²) < 4.78 is 41.2. The smallest absolute Gasteiger partial charge is 0.349 e. The Kier molecular flexibility index (Phi) is 7.56. The number of halogens is 4. The van der Waals surface area contributed by atoms with Gasteiger partial charge in [0.1, 0.15) is 5.69 Å². The Bertz CT molecular complexity index is 1630. The van der Waals surface area contributed by atoms with E-state index in [1.54, 1.807) is 25.1 Å². The molecule has 2 amide bonds. The minimum absolute atomic E-state index is 0.00296. The molecule has 2 N–H and O–H groups in total. The van der Waals surface area contributed by atoms with Crippen molar-refractivity contribution in [1.82, 2.24) is 35.1 Å². The first kappa shape index (κ1) is 28.3. The van der Waals surface area contributed by atoms with Crippen LogP contribution in [0, 0.1) is 19.8 Å². The number of carbonyl (C=O) groups excluding carboxylic acids is 2. The Labute approximate surface area is 237 Å². The zero-order valence-corrected chi connectivity index (χ0v) is 23.1. The maximum absolute atomic E-state index is 13.7. The van der Waals surface area contributed by atoms with Crippen molar-refractivity contribution in [2.45, 2.75) is 52.4 Å². The molecule has 14 heteroatoms. The summed E-state index contributed by atoms with van der Waals surface area (Å²) >= 11 is 6.35. The number of nitrogens with one attached hydrogen (secondary N) is 2. The second kappa shape index (κ2) is 11.0. The van der Waals surface area contributed by atoms with Gasteiger partial charge in [-0.05, 0) is 74.9 Å². The van der Waals surface area contributed by atoms with Crippen molar-refractivity contribution in [1.29, 1.82) is 0 Å². The lowest BCUT2D eigenvalue weighted by molar-refractivity contribution is -0.141. The topological polar surface area (TPSA) is 120 Å². The maximum Gasteiger partial charge on any atom is 0.436 e. The molecule has 1 unspecified atom stereocenters. The summed E-state index contributed by atoms with van der Waals surface area (Å²) in [5, 5.41) is 17.1. The van der Waals surface area contributed by atoms with Gasteiger partial charge in [-0.1, -0.05) is 22.9 Å². The number of hydrogen-bond acceptors (Lipinski definition) is 6. The first-order chi connectivity index (χ1) is 19.4. The van der Waals surface area contributed by atoms with Gasteiger partial charge in [0.2, 0.25) is 0 Å². The van der Waals surface area contributed by atoms with E-state index >= 15 is 0 Å². The van der Waals surface area contributed by atoms with Crippen molar-refractivity contribution in [3.63, 3.8) is 0 Å². The number of rotatable bonds is 8. The molecular weight excluding hydrogens is 561 g/mol. The zero-order valence-electron chi connectivity index (χ0n) is 22.3. The normalized spacial score (nSPS) is 14.1. The minimum Gasteiger partial charge on any atom is -0.349 e. The van der Waals surface area contributed by atoms with Gasteiger partial charge < -0.3 is 10.6 Å². The van der Waals surface area contributed by atoms with Gasteiger partial charge in [0.15, 0.2) is 11.5 Å². The minimum atomic E-state index is -4.66. The van der Waals surface area contributed by atoms with E-state index < -0.39 is 17.8 Å². The summed E-state index contributed by atoms with van der Waals surface area (Å²) in [5.41, 5.74) is 1.21. The Morgan fingerprint density at radius 3 is 2.59 bits per heavy atom. The number of benzene rings is 1. The van der Waals surface area contributed by atoms with Gasteiger partial charge >= 0.3 is 6.18 Å². The van der Waals surface area contributed by atoms with E-state index in [1.807, 2.05) is 19.9 Å². The van der Waals surface area contributed by atoms with Crippen LogP contribution in [0.5, 0.6) is 0 Å². The molecule has 10 nitrogen and oxygen atoms in total. The fraction of sp³-hybridized carbons (Fsp3) is 0.333. The first-order valence-electron chi connectivity index (χ1n) is 12.8. The summed E-state index contributed by atoms with van der Waals surface area (Å²) in [6.07, 6.45) is -0.324. The number of alkyl halides is 3. The molecular formula is C27H26ClF3N8O2. The molecule has 0 saturated heterocycles. The molecule has 1 aliphatic carbocycles. The molecule has 0 bridgehead atoms. The predicted molar refractivity (Wildman–Crippen MR) is 144 cm³/mol. The molecule has 3 heterocycles. The summed E-state index contributed by atoms with van der Waals surface area (Å²) in [4.78, 5) is 31.2. The number of pyridine rings is 1. The van der Waals surface area contributed by atoms with Crippen LogP contribution in [0.1, 0.15) is 63.1 Å². The zero-order chi connectivity index (χ0) is 29.5. The number of anilines is 1. The van der Waals surface area contributed by atoms with Gasteiger partial charge in [0.05, 0.1) is 34.7 Å². The van der Waals surface area contributed by atoms with Crippen LogP contribution in [0.15, 0.2) is 42.7 Å². The molecule has 3 aromatic heterocycles. The number of aromatic nitrogens is 6. The summed E-state index contributed by atoms with van der Waals surface area (Å²) in [7, 11) is 0. The van der Waals surface area contributed by atoms with E-state index in [2.05, 4.69) is 31.0 Å². The van der Waals surface area contributed by atoms with E-state index in [4.69, 9.17) is 11.6 Å². The van der Waals surface area contributed by atoms with Crippen LogP contribution in [0.3, 0.4) is 0 Å². The standard InChI is InChI=1S/C27H26ClF3N8O2/c1-14-9-15(2)23(19(10-14)25(40)33-16(3)17-6-7-17)34-26(41)21-11-18(12-38-13-22(35-37-38)27(29,30)31)36-39(21)24-20(28)5-4-8-32-24/h4-5,8-11,13,16-17H,6-7,12H2,1-3H3,(H,33,40)(H,34,41). The lowest BCUT2D eigenvalue weighted by Crippen LogP contribution is -2.35. The summed E-state index contributed by atoms with van der Waals surface area (Å²) in [6, 6.07) is 8.11. The lowest BCUT2D eigenvalue weighted by Gasteiger charge is -2.18. The van der Waals surface area contributed by atoms with E-state index in [0.717, 1.165) is 29.3 Å². The van der Waals surface area contributed by atoms with Crippen LogP contribution in [0.4, 0.5) is 18.9 Å². The van der Waals surface area contributed by atoms with Crippen molar-refractivity contribution in [2.24, 2.45) is 5.92 Å². The molecule has 1 saturated carbocycles. The van der Waals surface area contributed by atoms with Crippen molar-refractivity contribution in [3.05, 3.63) is 81.5 Å². The summed E-state index contributed by atoms with van der Waals surface area (Å²) in [5.74, 6) is -0.357. The second-order valence-electron chi connectivity index (χ2n) is 10.1. The van der Waals surface area contributed by atoms with Crippen molar-refractivity contribution < 1.29 is 22.8 Å². The molecule has 1 atom stereocenters. The maximum atomic E-state index is 13.7. The Hall–Kier alpha value is -4.26. The van der Waals surface area contributed by atoms with Gasteiger partial charge in [-0.25, -0.2) is 14.3 Å². The molecule has 1 fully saturated rings. The third-order valence-corrected chi connectivity index (χ3v) is 7.03. The fourth-order valence-electron chi connectivity index (χ4n) is 4.52. The SMILES string of the molecule is Cc1cc(C)c(NC(=O)c2cc(Cn3cc(C(F)(F)F)nn3)nn2-c2ncccc2Cl)c(C(=O)NC(C)C2CC2)c1. The lowest BCUT2D eigenvalue weighted by atomic mass is 10.0. The number of hydrogen-bond donors (Lipinski definition) is 2. The number of amides is 2. The van der Waals surface area contributed by atoms with E-state index in [1.165, 1.54) is 16.9 Å². The van der Waals surface area contributed by atoms with Crippen LogP contribution in [-0.4, -0.2) is 47.6 Å². The Morgan fingerprint density at radius 1 is 1.17 bits per heavy atom. The number of carbonyl (C=O) groups is 2. The highest BCUT2D eigenvalue weighted by Gasteiger charge is 2.34. The molecule has 1 aliphatic rings. The second-order valence-corrected chi connectivity index (χ2v) is 10.5. The van der Waals surface area contributed by atoms with Crippen molar-refractivity contribution >= 4 is 29.1 Å². The van der Waals surface area contributed by atoms with Crippen LogP contribution < -0.4 is 10.6 Å².